The van der Waals surface area contributed by atoms with E-state index in [9.17, 15) is 9.50 Å². The van der Waals surface area contributed by atoms with Crippen molar-refractivity contribution >= 4 is 11.8 Å². The van der Waals surface area contributed by atoms with Gasteiger partial charge in [-0.3, -0.25) is 4.90 Å². The van der Waals surface area contributed by atoms with Crippen molar-refractivity contribution < 1.29 is 19.0 Å². The maximum Gasteiger partial charge on any atom is 0.161 e. The Kier molecular flexibility index (Phi) is 7.49. The van der Waals surface area contributed by atoms with Crippen molar-refractivity contribution in [2.24, 2.45) is 0 Å². The van der Waals surface area contributed by atoms with Crippen LogP contribution in [-0.2, 0) is 0 Å². The SMILES string of the molecule is C/C=C/c1ccc(OC[C@H](O)CN2CCN(c3ccccc3F)CC2)c(OC)c1. The van der Waals surface area contributed by atoms with Gasteiger partial charge in [0.15, 0.2) is 11.5 Å². The van der Waals surface area contributed by atoms with Gasteiger partial charge >= 0.3 is 0 Å². The highest BCUT2D eigenvalue weighted by Gasteiger charge is 2.21. The third kappa shape index (κ3) is 5.71. The molecule has 0 unspecified atom stereocenters. The summed E-state index contributed by atoms with van der Waals surface area (Å²) in [5.74, 6) is 1.07. The number of hydrogen-bond acceptors (Lipinski definition) is 5. The molecular formula is C23H29FN2O3. The molecule has 3 rings (SSSR count). The van der Waals surface area contributed by atoms with Gasteiger partial charge in [-0.2, -0.15) is 0 Å². The van der Waals surface area contributed by atoms with Gasteiger partial charge in [0.1, 0.15) is 18.5 Å². The highest BCUT2D eigenvalue weighted by molar-refractivity contribution is 5.55. The zero-order chi connectivity index (χ0) is 20.6. The maximum atomic E-state index is 13.9. The van der Waals surface area contributed by atoms with Crippen molar-refractivity contribution in [2.45, 2.75) is 13.0 Å². The lowest BCUT2D eigenvalue weighted by Crippen LogP contribution is -2.49. The number of ether oxygens (including phenoxy) is 2. The van der Waals surface area contributed by atoms with Crippen LogP contribution in [0.15, 0.2) is 48.5 Å². The van der Waals surface area contributed by atoms with Gasteiger partial charge in [0.2, 0.25) is 0 Å². The van der Waals surface area contributed by atoms with Crippen molar-refractivity contribution in [3.8, 4) is 11.5 Å². The van der Waals surface area contributed by atoms with E-state index in [1.807, 2.05) is 54.3 Å². The lowest BCUT2D eigenvalue weighted by molar-refractivity contribution is 0.0653. The first-order chi connectivity index (χ1) is 14.1. The highest BCUT2D eigenvalue weighted by atomic mass is 19.1. The fourth-order valence-corrected chi connectivity index (χ4v) is 3.52. The van der Waals surface area contributed by atoms with E-state index in [1.54, 1.807) is 13.2 Å². The van der Waals surface area contributed by atoms with E-state index in [4.69, 9.17) is 9.47 Å². The first kappa shape index (κ1) is 21.1. The number of piperazine rings is 1. The van der Waals surface area contributed by atoms with Crippen molar-refractivity contribution in [3.63, 3.8) is 0 Å². The van der Waals surface area contributed by atoms with E-state index in [1.165, 1.54) is 6.07 Å². The summed E-state index contributed by atoms with van der Waals surface area (Å²) in [6, 6.07) is 12.6. The Bertz CT molecular complexity index is 820. The van der Waals surface area contributed by atoms with Gasteiger partial charge in [-0.1, -0.05) is 30.4 Å². The van der Waals surface area contributed by atoms with Crippen LogP contribution in [0.1, 0.15) is 12.5 Å². The molecule has 29 heavy (non-hydrogen) atoms. The Balaban J connectivity index is 1.47. The summed E-state index contributed by atoms with van der Waals surface area (Å²) in [6.07, 6.45) is 3.34. The number of aliphatic hydroxyl groups excluding tert-OH is 1. The molecule has 0 radical (unpaired) electrons. The predicted molar refractivity (Wildman–Crippen MR) is 114 cm³/mol. The largest absolute Gasteiger partial charge is 0.493 e. The molecule has 6 heteroatoms. The number of halogens is 1. The molecule has 1 aliphatic heterocycles. The molecule has 0 spiro atoms. The number of aliphatic hydroxyl groups is 1. The van der Waals surface area contributed by atoms with Gasteiger partial charge in [0, 0.05) is 32.7 Å². The number of rotatable bonds is 8. The topological polar surface area (TPSA) is 45.2 Å². The van der Waals surface area contributed by atoms with E-state index < -0.39 is 6.10 Å². The normalized spacial score (nSPS) is 16.2. The van der Waals surface area contributed by atoms with Gasteiger partial charge in [0.25, 0.3) is 0 Å². The maximum absolute atomic E-state index is 13.9. The van der Waals surface area contributed by atoms with Crippen LogP contribution in [-0.4, -0.2) is 62.6 Å². The molecule has 1 atom stereocenters. The zero-order valence-electron chi connectivity index (χ0n) is 17.1. The molecule has 5 nitrogen and oxygen atoms in total. The number of benzene rings is 2. The van der Waals surface area contributed by atoms with Crippen molar-refractivity contribution in [1.29, 1.82) is 0 Å². The molecule has 1 heterocycles. The number of para-hydroxylation sites is 1. The molecule has 0 aromatic heterocycles. The van der Waals surface area contributed by atoms with Crippen molar-refractivity contribution in [1.82, 2.24) is 4.90 Å². The Hall–Kier alpha value is -2.57. The molecule has 156 valence electrons. The smallest absolute Gasteiger partial charge is 0.161 e. The average Bonchev–Trinajstić information content (AvgIpc) is 2.74. The second-order valence-corrected chi connectivity index (χ2v) is 7.11. The van der Waals surface area contributed by atoms with E-state index in [2.05, 4.69) is 4.90 Å². The number of hydrogen-bond donors (Lipinski definition) is 1. The molecule has 2 aromatic carbocycles. The molecule has 0 bridgehead atoms. The highest BCUT2D eigenvalue weighted by Crippen LogP contribution is 2.28. The Morgan fingerprint density at radius 3 is 2.55 bits per heavy atom. The van der Waals surface area contributed by atoms with Crippen LogP contribution in [0.2, 0.25) is 0 Å². The number of β-amino-alcohol motifs (C(OH)–C–C–N with tert-alkyl or cyclic N) is 1. The van der Waals surface area contributed by atoms with Crippen LogP contribution in [0, 0.1) is 5.82 Å². The van der Waals surface area contributed by atoms with Crippen LogP contribution in [0.25, 0.3) is 6.08 Å². The van der Waals surface area contributed by atoms with Gasteiger partial charge in [-0.15, -0.1) is 0 Å². The minimum Gasteiger partial charge on any atom is -0.493 e. The molecular weight excluding hydrogens is 371 g/mol. The molecule has 1 fully saturated rings. The Morgan fingerprint density at radius 2 is 1.86 bits per heavy atom. The Labute approximate surface area is 172 Å². The summed E-state index contributed by atoms with van der Waals surface area (Å²) >= 11 is 0. The average molecular weight is 400 g/mol. The van der Waals surface area contributed by atoms with Crippen molar-refractivity contribution in [3.05, 3.63) is 59.9 Å². The van der Waals surface area contributed by atoms with Gasteiger partial charge in [0.05, 0.1) is 12.8 Å². The van der Waals surface area contributed by atoms with E-state index in [0.717, 1.165) is 31.7 Å². The second-order valence-electron chi connectivity index (χ2n) is 7.11. The first-order valence-corrected chi connectivity index (χ1v) is 9.94. The summed E-state index contributed by atoms with van der Waals surface area (Å²) in [6.45, 7) is 5.67. The minimum atomic E-state index is -0.616. The van der Waals surface area contributed by atoms with Crippen molar-refractivity contribution in [2.75, 3.05) is 51.3 Å². The van der Waals surface area contributed by atoms with Crippen LogP contribution < -0.4 is 14.4 Å². The van der Waals surface area contributed by atoms with E-state index in [-0.39, 0.29) is 12.4 Å². The number of nitrogens with zero attached hydrogens (tertiary/aromatic N) is 2. The standard InChI is InChI=1S/C23H29FN2O3/c1-3-6-18-9-10-22(23(15-18)28-2)29-17-19(27)16-25-11-13-26(14-12-25)21-8-5-4-7-20(21)24/h3-10,15,19,27H,11-14,16-17H2,1-2H3/b6-3+/t19-/m1/s1. The van der Waals surface area contributed by atoms with E-state index >= 15 is 0 Å². The molecule has 2 aromatic rings. The molecule has 1 N–H and O–H groups in total. The van der Waals surface area contributed by atoms with Crippen LogP contribution in [0.4, 0.5) is 10.1 Å². The number of allylic oxidation sites excluding steroid dienone is 1. The fourth-order valence-electron chi connectivity index (χ4n) is 3.52. The summed E-state index contributed by atoms with van der Waals surface area (Å²) in [5, 5.41) is 10.4. The van der Waals surface area contributed by atoms with Gasteiger partial charge < -0.3 is 19.5 Å². The number of anilines is 1. The Morgan fingerprint density at radius 1 is 1.10 bits per heavy atom. The quantitative estimate of drug-likeness (QED) is 0.736. The second kappa shape index (κ2) is 10.3. The zero-order valence-corrected chi connectivity index (χ0v) is 17.1. The monoisotopic (exact) mass is 400 g/mol. The first-order valence-electron chi connectivity index (χ1n) is 9.94. The molecule has 0 aliphatic carbocycles. The summed E-state index contributed by atoms with van der Waals surface area (Å²) < 4.78 is 25.1. The van der Waals surface area contributed by atoms with Gasteiger partial charge in [-0.05, 0) is 36.8 Å². The predicted octanol–water partition coefficient (Wildman–Crippen LogP) is 3.43. The summed E-state index contributed by atoms with van der Waals surface area (Å²) in [7, 11) is 1.60. The van der Waals surface area contributed by atoms with Gasteiger partial charge in [-0.25, -0.2) is 4.39 Å². The summed E-state index contributed by atoms with van der Waals surface area (Å²) in [4.78, 5) is 4.23. The van der Waals surface area contributed by atoms with Crippen LogP contribution >= 0.6 is 0 Å². The van der Waals surface area contributed by atoms with Crippen LogP contribution in [0.5, 0.6) is 11.5 Å². The number of methoxy groups -OCH3 is 1. The summed E-state index contributed by atoms with van der Waals surface area (Å²) in [5.41, 5.74) is 1.68. The minimum absolute atomic E-state index is 0.187. The van der Waals surface area contributed by atoms with E-state index in [0.29, 0.717) is 23.7 Å². The third-order valence-corrected chi connectivity index (χ3v) is 5.01. The molecule has 1 saturated heterocycles. The molecule has 0 amide bonds. The lowest BCUT2D eigenvalue weighted by Gasteiger charge is -2.36. The fraction of sp³-hybridized carbons (Fsp3) is 0.391. The molecule has 1 aliphatic rings. The lowest BCUT2D eigenvalue weighted by atomic mass is 10.2. The molecule has 0 saturated carbocycles. The third-order valence-electron chi connectivity index (χ3n) is 5.01. The van der Waals surface area contributed by atoms with Crippen LogP contribution in [0.3, 0.4) is 0 Å².